The van der Waals surface area contributed by atoms with Crippen LogP contribution in [-0.4, -0.2) is 101 Å². The SMILES string of the molecule is CC(C)(C)C(=O)OCc1ccc(OCCOCCCC(=O)CCCCCN2C(=O)C=CC2=O)cc1O[C@@H]1OC[C@@H](O)[C@H](O)[C@H]1O. The number of benzene rings is 1. The number of esters is 1. The van der Waals surface area contributed by atoms with Crippen LogP contribution in [0.25, 0.3) is 0 Å². The molecule has 0 aromatic heterocycles. The molecule has 1 saturated heterocycles. The molecule has 13 heteroatoms. The van der Waals surface area contributed by atoms with Gasteiger partial charge in [-0.2, -0.15) is 0 Å². The molecule has 3 N–H and O–H groups in total. The van der Waals surface area contributed by atoms with E-state index in [9.17, 15) is 34.5 Å². The van der Waals surface area contributed by atoms with Gasteiger partial charge in [0.25, 0.3) is 11.8 Å². The predicted octanol–water partition coefficient (Wildman–Crippen LogP) is 1.82. The molecule has 0 unspecified atom stereocenters. The third-order valence-electron chi connectivity index (χ3n) is 7.19. The van der Waals surface area contributed by atoms with Gasteiger partial charge >= 0.3 is 5.97 Å². The van der Waals surface area contributed by atoms with Gasteiger partial charge in [0.2, 0.25) is 6.29 Å². The summed E-state index contributed by atoms with van der Waals surface area (Å²) >= 11 is 0. The van der Waals surface area contributed by atoms with E-state index in [4.69, 9.17) is 23.7 Å². The van der Waals surface area contributed by atoms with Crippen LogP contribution in [0.1, 0.15) is 64.9 Å². The highest BCUT2D eigenvalue weighted by Crippen LogP contribution is 2.30. The molecule has 1 aromatic carbocycles. The lowest BCUT2D eigenvalue weighted by Crippen LogP contribution is -2.54. The van der Waals surface area contributed by atoms with Gasteiger partial charge in [-0.1, -0.05) is 6.42 Å². The molecule has 45 heavy (non-hydrogen) atoms. The summed E-state index contributed by atoms with van der Waals surface area (Å²) in [5, 5.41) is 30.1. The Morgan fingerprint density at radius 1 is 0.933 bits per heavy atom. The molecule has 4 atom stereocenters. The summed E-state index contributed by atoms with van der Waals surface area (Å²) in [4.78, 5) is 48.7. The zero-order valence-corrected chi connectivity index (χ0v) is 26.1. The Morgan fingerprint density at radius 2 is 1.64 bits per heavy atom. The number of aliphatic hydroxyl groups excluding tert-OH is 3. The van der Waals surface area contributed by atoms with Gasteiger partial charge in [0.1, 0.15) is 48.8 Å². The zero-order chi connectivity index (χ0) is 33.0. The van der Waals surface area contributed by atoms with Crippen molar-refractivity contribution in [3.05, 3.63) is 35.9 Å². The number of rotatable bonds is 18. The quantitative estimate of drug-likeness (QED) is 0.121. The molecular weight excluding hydrogens is 590 g/mol. The number of hydrogen-bond donors (Lipinski definition) is 3. The summed E-state index contributed by atoms with van der Waals surface area (Å²) in [6, 6.07) is 4.86. The lowest BCUT2D eigenvalue weighted by molar-refractivity contribution is -0.242. The van der Waals surface area contributed by atoms with Crippen LogP contribution in [0.2, 0.25) is 0 Å². The highest BCUT2D eigenvalue weighted by Gasteiger charge is 2.39. The number of amides is 2. The van der Waals surface area contributed by atoms with Gasteiger partial charge < -0.3 is 39.0 Å². The van der Waals surface area contributed by atoms with Crippen LogP contribution in [0, 0.1) is 5.41 Å². The molecule has 0 spiro atoms. The zero-order valence-electron chi connectivity index (χ0n) is 26.1. The lowest BCUT2D eigenvalue weighted by Gasteiger charge is -2.35. The number of hydrogen-bond acceptors (Lipinski definition) is 12. The van der Waals surface area contributed by atoms with Crippen molar-refractivity contribution in [2.24, 2.45) is 5.41 Å². The van der Waals surface area contributed by atoms with Crippen molar-refractivity contribution < 1.29 is 58.2 Å². The Morgan fingerprint density at radius 3 is 2.36 bits per heavy atom. The molecule has 0 radical (unpaired) electrons. The van der Waals surface area contributed by atoms with Crippen LogP contribution < -0.4 is 9.47 Å². The van der Waals surface area contributed by atoms with Crippen LogP contribution in [0.5, 0.6) is 11.5 Å². The second kappa shape index (κ2) is 17.4. The number of carbonyl (C=O) groups excluding carboxylic acids is 4. The molecule has 0 saturated carbocycles. The number of ether oxygens (including phenoxy) is 5. The smallest absolute Gasteiger partial charge is 0.311 e. The second-order valence-electron chi connectivity index (χ2n) is 12.0. The normalized spacial score (nSPS) is 21.7. The highest BCUT2D eigenvalue weighted by molar-refractivity contribution is 6.12. The van der Waals surface area contributed by atoms with Crippen molar-refractivity contribution in [1.29, 1.82) is 0 Å². The Hall–Kier alpha value is -3.36. The minimum atomic E-state index is -1.51. The molecule has 0 bridgehead atoms. The Labute approximate surface area is 263 Å². The van der Waals surface area contributed by atoms with E-state index in [1.807, 2.05) is 0 Å². The Kier molecular flexibility index (Phi) is 13.9. The largest absolute Gasteiger partial charge is 0.491 e. The standard InChI is InChI=1S/C32H45NO12/c1-32(2,3)31(40)44-19-21-10-11-23(18-25(21)45-30-29(39)28(38)24(35)20-43-30)42-17-16-41-15-7-9-22(34)8-5-4-6-14-33-26(36)12-13-27(33)37/h10-13,18,24,28-30,35,38-39H,4-9,14-17,19-20H2,1-3H3/t24-,28+,29-,30+/m1/s1. The van der Waals surface area contributed by atoms with E-state index in [0.717, 1.165) is 6.42 Å². The highest BCUT2D eigenvalue weighted by atomic mass is 16.7. The molecule has 0 aliphatic carbocycles. The van der Waals surface area contributed by atoms with Crippen LogP contribution in [0.15, 0.2) is 30.4 Å². The van der Waals surface area contributed by atoms with Gasteiger partial charge in [-0.3, -0.25) is 24.1 Å². The van der Waals surface area contributed by atoms with Gasteiger partial charge in [0.15, 0.2) is 0 Å². The Balaban J connectivity index is 1.37. The van der Waals surface area contributed by atoms with E-state index in [1.54, 1.807) is 39.0 Å². The molecule has 3 rings (SSSR count). The van der Waals surface area contributed by atoms with Gasteiger partial charge in [-0.05, 0) is 52.2 Å². The summed E-state index contributed by atoms with van der Waals surface area (Å²) in [7, 11) is 0. The minimum absolute atomic E-state index is 0.111. The number of carbonyl (C=O) groups is 4. The molecule has 2 aliphatic heterocycles. The maximum atomic E-state index is 12.3. The fourth-order valence-corrected chi connectivity index (χ4v) is 4.46. The molecule has 2 heterocycles. The van der Waals surface area contributed by atoms with E-state index < -0.39 is 36.0 Å². The van der Waals surface area contributed by atoms with Crippen molar-refractivity contribution in [3.63, 3.8) is 0 Å². The van der Waals surface area contributed by atoms with Gasteiger partial charge in [-0.25, -0.2) is 0 Å². The van der Waals surface area contributed by atoms with Crippen LogP contribution >= 0.6 is 0 Å². The summed E-state index contributed by atoms with van der Waals surface area (Å²) in [6.45, 7) is 6.08. The first-order valence-corrected chi connectivity index (χ1v) is 15.2. The molecule has 1 fully saturated rings. The molecule has 2 amide bonds. The van der Waals surface area contributed by atoms with Crippen molar-refractivity contribution in [2.75, 3.05) is 33.0 Å². The van der Waals surface area contributed by atoms with E-state index in [0.29, 0.717) is 56.6 Å². The molecule has 13 nitrogen and oxygen atoms in total. The monoisotopic (exact) mass is 635 g/mol. The first-order valence-electron chi connectivity index (χ1n) is 15.2. The Bertz CT molecular complexity index is 1180. The summed E-state index contributed by atoms with van der Waals surface area (Å²) in [5.74, 6) is -0.235. The average Bonchev–Trinajstić information content (AvgIpc) is 3.31. The topological polar surface area (TPSA) is 178 Å². The number of aliphatic hydroxyl groups is 3. The summed E-state index contributed by atoms with van der Waals surface area (Å²) in [5.41, 5.74) is -0.232. The third-order valence-corrected chi connectivity index (χ3v) is 7.19. The number of unbranched alkanes of at least 4 members (excludes halogenated alkanes) is 2. The molecule has 250 valence electrons. The maximum absolute atomic E-state index is 12.3. The third kappa shape index (κ3) is 11.5. The number of ketones is 1. The van der Waals surface area contributed by atoms with Crippen molar-refractivity contribution in [2.45, 2.75) is 90.5 Å². The second-order valence-corrected chi connectivity index (χ2v) is 12.0. The predicted molar refractivity (Wildman–Crippen MR) is 159 cm³/mol. The van der Waals surface area contributed by atoms with Crippen molar-refractivity contribution >= 4 is 23.6 Å². The van der Waals surface area contributed by atoms with Crippen molar-refractivity contribution in [3.8, 4) is 11.5 Å². The number of nitrogens with zero attached hydrogens (tertiary/aromatic N) is 1. The first-order chi connectivity index (χ1) is 21.4. The van der Waals surface area contributed by atoms with Crippen LogP contribution in [0.4, 0.5) is 0 Å². The summed E-state index contributed by atoms with van der Waals surface area (Å²) in [6.07, 6.45) is 0.579. The number of imide groups is 1. The first kappa shape index (κ1) is 36.1. The lowest BCUT2D eigenvalue weighted by atomic mass is 9.97. The fraction of sp³-hybridized carbons (Fsp3) is 0.625. The van der Waals surface area contributed by atoms with Crippen LogP contribution in [0.3, 0.4) is 0 Å². The fourth-order valence-electron chi connectivity index (χ4n) is 4.46. The average molecular weight is 636 g/mol. The minimum Gasteiger partial charge on any atom is -0.491 e. The summed E-state index contributed by atoms with van der Waals surface area (Å²) < 4.78 is 28.0. The molecule has 1 aromatic rings. The van der Waals surface area contributed by atoms with E-state index in [-0.39, 0.29) is 49.8 Å². The van der Waals surface area contributed by atoms with Gasteiger partial charge in [0, 0.05) is 49.8 Å². The molecule has 2 aliphatic rings. The van der Waals surface area contributed by atoms with Crippen molar-refractivity contribution in [1.82, 2.24) is 4.90 Å². The van der Waals surface area contributed by atoms with E-state index in [2.05, 4.69) is 0 Å². The molecular formula is C32H45NO12. The number of Topliss-reactive ketones (excluding diaryl/α,β-unsaturated/α-hetero) is 1. The maximum Gasteiger partial charge on any atom is 0.311 e. The van der Waals surface area contributed by atoms with E-state index >= 15 is 0 Å². The van der Waals surface area contributed by atoms with Crippen LogP contribution in [-0.2, 0) is 40.0 Å². The van der Waals surface area contributed by atoms with Gasteiger partial charge in [0.05, 0.1) is 18.6 Å². The van der Waals surface area contributed by atoms with E-state index in [1.165, 1.54) is 17.1 Å². The van der Waals surface area contributed by atoms with Gasteiger partial charge in [-0.15, -0.1) is 0 Å².